The Labute approximate surface area is 195 Å². The number of aromatic nitrogens is 4. The maximum atomic E-state index is 12.8. The fraction of sp³-hybridized carbons (Fsp3) is 0.318. The fourth-order valence-electron chi connectivity index (χ4n) is 3.29. The smallest absolute Gasteiger partial charge is 0.307 e. The van der Waals surface area contributed by atoms with Crippen LogP contribution in [0.4, 0.5) is 11.4 Å². The molecular formula is C22H27N7O5. The van der Waals surface area contributed by atoms with Crippen molar-refractivity contribution < 1.29 is 23.9 Å². The third kappa shape index (κ3) is 5.71. The number of imidazole rings is 1. The summed E-state index contributed by atoms with van der Waals surface area (Å²) in [6, 6.07) is 3.08. The van der Waals surface area contributed by atoms with E-state index in [9.17, 15) is 19.2 Å². The number of nitrogens with zero attached hydrogens (tertiary/aromatic N) is 4. The molecule has 34 heavy (non-hydrogen) atoms. The van der Waals surface area contributed by atoms with Gasteiger partial charge >= 0.3 is 5.97 Å². The predicted octanol–water partition coefficient (Wildman–Crippen LogP) is 1.28. The van der Waals surface area contributed by atoms with Gasteiger partial charge in [-0.3, -0.25) is 19.2 Å². The molecule has 0 aliphatic rings. The highest BCUT2D eigenvalue weighted by Crippen LogP contribution is 2.18. The number of nitrogens with one attached hydrogen (secondary N) is 3. The van der Waals surface area contributed by atoms with E-state index in [1.165, 1.54) is 12.3 Å². The number of aryl methyl sites for hydroxylation is 3. The van der Waals surface area contributed by atoms with E-state index in [4.69, 9.17) is 4.74 Å². The van der Waals surface area contributed by atoms with E-state index in [1.807, 2.05) is 0 Å². The third-order valence-corrected chi connectivity index (χ3v) is 4.94. The first-order chi connectivity index (χ1) is 16.2. The van der Waals surface area contributed by atoms with Crippen LogP contribution in [0.5, 0.6) is 0 Å². The van der Waals surface area contributed by atoms with Gasteiger partial charge in [-0.05, 0) is 19.1 Å². The van der Waals surface area contributed by atoms with Crippen LogP contribution in [0.15, 0.2) is 36.9 Å². The molecule has 3 aromatic heterocycles. The van der Waals surface area contributed by atoms with Crippen LogP contribution < -0.4 is 16.0 Å². The zero-order valence-electron chi connectivity index (χ0n) is 19.4. The molecule has 0 unspecified atom stereocenters. The highest BCUT2D eigenvalue weighted by Gasteiger charge is 2.18. The number of carbonyl (C=O) groups excluding carboxylic acids is 4. The van der Waals surface area contributed by atoms with Gasteiger partial charge in [0.2, 0.25) is 0 Å². The summed E-state index contributed by atoms with van der Waals surface area (Å²) in [5.41, 5.74) is 1.48. The summed E-state index contributed by atoms with van der Waals surface area (Å²) < 4.78 is 9.56. The molecule has 0 aliphatic carbocycles. The van der Waals surface area contributed by atoms with Gasteiger partial charge in [0.15, 0.2) is 5.82 Å². The Bertz CT molecular complexity index is 1220. The zero-order chi connectivity index (χ0) is 24.8. The average molecular weight is 470 g/mol. The van der Waals surface area contributed by atoms with Crippen molar-refractivity contribution in [3.05, 3.63) is 54.1 Å². The Hall–Kier alpha value is -4.35. The quantitative estimate of drug-likeness (QED) is 0.403. The van der Waals surface area contributed by atoms with Gasteiger partial charge < -0.3 is 34.4 Å². The Balaban J connectivity index is 1.61. The maximum Gasteiger partial charge on any atom is 0.307 e. The van der Waals surface area contributed by atoms with Crippen LogP contribution in [-0.4, -0.2) is 55.5 Å². The van der Waals surface area contributed by atoms with Crippen LogP contribution in [-0.2, 0) is 30.7 Å². The van der Waals surface area contributed by atoms with Gasteiger partial charge in [0, 0.05) is 52.5 Å². The van der Waals surface area contributed by atoms with Crippen molar-refractivity contribution in [1.82, 2.24) is 24.0 Å². The molecule has 3 N–H and O–H groups in total. The minimum absolute atomic E-state index is 0.0695. The van der Waals surface area contributed by atoms with E-state index >= 15 is 0 Å². The summed E-state index contributed by atoms with van der Waals surface area (Å²) in [4.78, 5) is 53.0. The van der Waals surface area contributed by atoms with Crippen LogP contribution in [0.25, 0.3) is 0 Å². The lowest BCUT2D eigenvalue weighted by Crippen LogP contribution is -2.28. The molecule has 0 saturated heterocycles. The predicted molar refractivity (Wildman–Crippen MR) is 124 cm³/mol. The molecular weight excluding hydrogens is 442 g/mol. The van der Waals surface area contributed by atoms with Crippen molar-refractivity contribution >= 4 is 35.1 Å². The van der Waals surface area contributed by atoms with E-state index in [1.54, 1.807) is 66.4 Å². The molecule has 0 bridgehead atoms. The van der Waals surface area contributed by atoms with Crippen molar-refractivity contribution in [2.24, 2.45) is 21.1 Å². The molecule has 0 spiro atoms. The molecule has 0 atom stereocenters. The minimum atomic E-state index is -0.417. The first-order valence-corrected chi connectivity index (χ1v) is 10.6. The number of carbonyl (C=O) groups is 4. The molecule has 3 aromatic rings. The third-order valence-electron chi connectivity index (χ3n) is 4.94. The monoisotopic (exact) mass is 469 g/mol. The second-order valence-electron chi connectivity index (χ2n) is 7.53. The molecule has 0 saturated carbocycles. The van der Waals surface area contributed by atoms with Crippen LogP contribution in [0.2, 0.25) is 0 Å². The molecule has 180 valence electrons. The summed E-state index contributed by atoms with van der Waals surface area (Å²) in [6.45, 7) is 2.14. The first kappa shape index (κ1) is 24.3. The number of ether oxygens (including phenoxy) is 1. The number of esters is 1. The Morgan fingerprint density at radius 2 is 1.47 bits per heavy atom. The normalized spacial score (nSPS) is 10.6. The van der Waals surface area contributed by atoms with Gasteiger partial charge in [0.1, 0.15) is 11.4 Å². The fourth-order valence-corrected chi connectivity index (χ4v) is 3.29. The second-order valence-corrected chi connectivity index (χ2v) is 7.53. The minimum Gasteiger partial charge on any atom is -0.466 e. The Kier molecular flexibility index (Phi) is 7.51. The van der Waals surface area contributed by atoms with Gasteiger partial charge in [-0.15, -0.1) is 0 Å². The van der Waals surface area contributed by atoms with Gasteiger partial charge in [-0.25, -0.2) is 4.98 Å². The Morgan fingerprint density at radius 1 is 0.882 bits per heavy atom. The Morgan fingerprint density at radius 3 is 2.03 bits per heavy atom. The highest BCUT2D eigenvalue weighted by atomic mass is 16.5. The highest BCUT2D eigenvalue weighted by molar-refractivity contribution is 6.06. The number of amides is 3. The van der Waals surface area contributed by atoms with Crippen molar-refractivity contribution in [2.75, 3.05) is 23.8 Å². The van der Waals surface area contributed by atoms with E-state index in [-0.39, 0.29) is 37.3 Å². The number of rotatable bonds is 9. The van der Waals surface area contributed by atoms with Gasteiger partial charge in [0.25, 0.3) is 17.7 Å². The molecule has 12 nitrogen and oxygen atoms in total. The lowest BCUT2D eigenvalue weighted by Gasteiger charge is -2.05. The number of hydrogen-bond acceptors (Lipinski definition) is 6. The van der Waals surface area contributed by atoms with Crippen LogP contribution in [0.1, 0.15) is 44.9 Å². The molecule has 0 fully saturated rings. The van der Waals surface area contributed by atoms with Gasteiger partial charge in [-0.2, -0.15) is 0 Å². The van der Waals surface area contributed by atoms with Crippen LogP contribution in [0, 0.1) is 0 Å². The lowest BCUT2D eigenvalue weighted by atomic mass is 10.3. The molecule has 0 aromatic carbocycles. The summed E-state index contributed by atoms with van der Waals surface area (Å²) in [6.07, 6.45) is 6.47. The van der Waals surface area contributed by atoms with E-state index in [0.717, 1.165) is 0 Å². The lowest BCUT2D eigenvalue weighted by molar-refractivity contribution is -0.142. The van der Waals surface area contributed by atoms with Crippen molar-refractivity contribution in [1.29, 1.82) is 0 Å². The van der Waals surface area contributed by atoms with Gasteiger partial charge in [-0.1, -0.05) is 0 Å². The molecule has 0 radical (unpaired) electrons. The summed E-state index contributed by atoms with van der Waals surface area (Å²) >= 11 is 0. The summed E-state index contributed by atoms with van der Waals surface area (Å²) in [5.74, 6) is -1.34. The standard InChI is InChI=1S/C22H27N7O5/c1-5-34-18(30)6-7-24-20(31)16-10-14(12-28(16)3)25-21(32)17-11-15(13-29(17)4)26-22(33)19-23-8-9-27(19)2/h8-13H,5-7H2,1-4H3,(H,24,31)(H,25,32)(H,26,33). The molecule has 3 amide bonds. The van der Waals surface area contributed by atoms with E-state index < -0.39 is 11.8 Å². The van der Waals surface area contributed by atoms with E-state index in [2.05, 4.69) is 20.9 Å². The van der Waals surface area contributed by atoms with Crippen LogP contribution in [0.3, 0.4) is 0 Å². The van der Waals surface area contributed by atoms with Crippen LogP contribution >= 0.6 is 0 Å². The molecule has 3 heterocycles. The molecule has 12 heteroatoms. The SMILES string of the molecule is CCOC(=O)CCNC(=O)c1cc(NC(=O)c2cc(NC(=O)c3nccn3C)cn2C)cn1C. The van der Waals surface area contributed by atoms with Gasteiger partial charge in [0.05, 0.1) is 24.4 Å². The summed E-state index contributed by atoms with van der Waals surface area (Å²) in [7, 11) is 5.06. The van der Waals surface area contributed by atoms with Crippen molar-refractivity contribution in [3.8, 4) is 0 Å². The average Bonchev–Trinajstić information content (AvgIpc) is 3.46. The largest absolute Gasteiger partial charge is 0.466 e. The summed E-state index contributed by atoms with van der Waals surface area (Å²) in [5, 5.41) is 8.11. The molecule has 0 aliphatic heterocycles. The number of hydrogen-bond donors (Lipinski definition) is 3. The second kappa shape index (κ2) is 10.5. The van der Waals surface area contributed by atoms with Crippen molar-refractivity contribution in [2.45, 2.75) is 13.3 Å². The van der Waals surface area contributed by atoms with Crippen molar-refractivity contribution in [3.63, 3.8) is 0 Å². The topological polar surface area (TPSA) is 141 Å². The van der Waals surface area contributed by atoms with E-state index in [0.29, 0.717) is 22.8 Å². The molecule has 3 rings (SSSR count). The number of anilines is 2. The zero-order valence-corrected chi connectivity index (χ0v) is 19.4. The maximum absolute atomic E-state index is 12.8. The first-order valence-electron chi connectivity index (χ1n) is 10.6.